The third-order valence-corrected chi connectivity index (χ3v) is 11.5. The Morgan fingerprint density at radius 3 is 1.75 bits per heavy atom. The monoisotopic (exact) mass is 732 g/mol. The van der Waals surface area contributed by atoms with E-state index in [1.807, 2.05) is 60.7 Å². The molecule has 7 aromatic carbocycles. The molecule has 0 saturated carbocycles. The van der Waals surface area contributed by atoms with Crippen molar-refractivity contribution in [1.82, 2.24) is 19.5 Å². The first-order valence-corrected chi connectivity index (χ1v) is 19.4. The minimum Gasteiger partial charge on any atom is -0.456 e. The van der Waals surface area contributed by atoms with Crippen LogP contribution in [0.1, 0.15) is 23.7 Å². The summed E-state index contributed by atoms with van der Waals surface area (Å²) in [6, 6.07) is 61.3. The first-order chi connectivity index (χ1) is 28.1. The Kier molecular flexibility index (Phi) is 7.61. The minimum absolute atomic E-state index is 0.175. The molecule has 0 aliphatic heterocycles. The number of furan rings is 1. The van der Waals surface area contributed by atoms with E-state index < -0.39 is 0 Å². The Hall–Kier alpha value is -7.37. The molecule has 1 unspecified atom stereocenters. The van der Waals surface area contributed by atoms with Gasteiger partial charge in [0.15, 0.2) is 17.5 Å². The highest BCUT2D eigenvalue weighted by Gasteiger charge is 2.32. The van der Waals surface area contributed by atoms with Gasteiger partial charge >= 0.3 is 0 Å². The van der Waals surface area contributed by atoms with Crippen molar-refractivity contribution in [3.05, 3.63) is 199 Å². The van der Waals surface area contributed by atoms with Crippen molar-refractivity contribution < 1.29 is 4.42 Å². The zero-order chi connectivity index (χ0) is 37.9. The fraction of sp³-hybridized carbons (Fsp3) is 0.0577. The molecule has 5 heteroatoms. The molecule has 0 N–H and O–H groups in total. The predicted molar refractivity (Wildman–Crippen MR) is 232 cm³/mol. The van der Waals surface area contributed by atoms with E-state index in [4.69, 9.17) is 19.4 Å². The number of nitrogens with zero attached hydrogens (tertiary/aromatic N) is 4. The third-order valence-electron chi connectivity index (χ3n) is 11.5. The smallest absolute Gasteiger partial charge is 0.164 e. The van der Waals surface area contributed by atoms with Crippen molar-refractivity contribution in [2.75, 3.05) is 0 Å². The van der Waals surface area contributed by atoms with Crippen LogP contribution in [0.15, 0.2) is 186 Å². The first-order valence-electron chi connectivity index (χ1n) is 19.4. The Balaban J connectivity index is 1.11. The van der Waals surface area contributed by atoms with Gasteiger partial charge in [-0.05, 0) is 47.0 Å². The molecule has 5 nitrogen and oxygen atoms in total. The minimum atomic E-state index is -0.175. The molecule has 10 aromatic rings. The molecule has 0 fully saturated rings. The fourth-order valence-corrected chi connectivity index (χ4v) is 8.57. The zero-order valence-corrected chi connectivity index (χ0v) is 31.3. The summed E-state index contributed by atoms with van der Waals surface area (Å²) >= 11 is 0. The maximum Gasteiger partial charge on any atom is 0.164 e. The highest BCUT2D eigenvalue weighted by Crippen LogP contribution is 2.44. The second kappa shape index (κ2) is 13.1. The largest absolute Gasteiger partial charge is 0.456 e. The molecular weight excluding hydrogens is 697 g/mol. The summed E-state index contributed by atoms with van der Waals surface area (Å²) in [5.74, 6) is 1.85. The number of benzene rings is 7. The van der Waals surface area contributed by atoms with Gasteiger partial charge in [-0.15, -0.1) is 0 Å². The van der Waals surface area contributed by atoms with Crippen LogP contribution in [0.25, 0.3) is 89.9 Å². The number of rotatable bonds is 6. The Morgan fingerprint density at radius 2 is 1.09 bits per heavy atom. The van der Waals surface area contributed by atoms with Gasteiger partial charge in [-0.2, -0.15) is 0 Å². The van der Waals surface area contributed by atoms with Gasteiger partial charge in [0.2, 0.25) is 0 Å². The van der Waals surface area contributed by atoms with E-state index in [1.165, 1.54) is 38.9 Å². The topological polar surface area (TPSA) is 56.7 Å². The number of hydrogen-bond donors (Lipinski definition) is 0. The fourth-order valence-electron chi connectivity index (χ4n) is 8.57. The summed E-state index contributed by atoms with van der Waals surface area (Å²) in [7, 11) is 0. The van der Waals surface area contributed by atoms with Gasteiger partial charge in [-0.3, -0.25) is 0 Å². The van der Waals surface area contributed by atoms with E-state index in [0.29, 0.717) is 17.5 Å². The number of hydrogen-bond acceptors (Lipinski definition) is 4. The second-order valence-electron chi connectivity index (χ2n) is 15.1. The van der Waals surface area contributed by atoms with Crippen LogP contribution in [-0.4, -0.2) is 19.5 Å². The normalized spacial score (nSPS) is 15.0. The summed E-state index contributed by atoms with van der Waals surface area (Å²) in [5, 5.41) is 3.35. The lowest BCUT2D eigenvalue weighted by molar-refractivity contribution is 0.573. The van der Waals surface area contributed by atoms with Crippen LogP contribution in [0.2, 0.25) is 0 Å². The first kappa shape index (κ1) is 33.0. The highest BCUT2D eigenvalue weighted by atomic mass is 16.3. The Bertz CT molecular complexity index is 3090. The van der Waals surface area contributed by atoms with Gasteiger partial charge in [0.05, 0.1) is 16.6 Å². The molecule has 0 bridgehead atoms. The van der Waals surface area contributed by atoms with Crippen molar-refractivity contribution in [2.24, 2.45) is 0 Å². The van der Waals surface area contributed by atoms with Gasteiger partial charge in [-0.1, -0.05) is 165 Å². The Morgan fingerprint density at radius 1 is 0.509 bits per heavy atom. The summed E-state index contributed by atoms with van der Waals surface area (Å²) in [5.41, 5.74) is 12.7. The molecule has 57 heavy (non-hydrogen) atoms. The van der Waals surface area contributed by atoms with Crippen LogP contribution in [0.3, 0.4) is 0 Å². The summed E-state index contributed by atoms with van der Waals surface area (Å²) in [4.78, 5) is 14.9. The molecule has 3 aromatic heterocycles. The molecule has 0 spiro atoms. The quantitative estimate of drug-likeness (QED) is 0.171. The highest BCUT2D eigenvalue weighted by molar-refractivity contribution is 6.11. The van der Waals surface area contributed by atoms with E-state index in [9.17, 15) is 0 Å². The van der Waals surface area contributed by atoms with Gasteiger partial charge in [0.1, 0.15) is 11.2 Å². The molecule has 0 radical (unpaired) electrons. The van der Waals surface area contributed by atoms with Gasteiger partial charge in [0, 0.05) is 50.6 Å². The van der Waals surface area contributed by atoms with Crippen LogP contribution in [0.4, 0.5) is 0 Å². The van der Waals surface area contributed by atoms with Crippen molar-refractivity contribution >= 4 is 38.9 Å². The van der Waals surface area contributed by atoms with Crippen molar-refractivity contribution in [3.8, 4) is 51.0 Å². The molecular formula is C52H36N4O. The van der Waals surface area contributed by atoms with E-state index in [2.05, 4.69) is 139 Å². The standard InChI is InChI=1S/C52H36N4O/c1-52(39-21-12-5-13-22-39)30-29-41-40-27-25-37(34-15-6-2-7-16-34)31-44(40)56(45(41)33-52)43-23-14-24-46-48(43)42-28-26-38(32-47(42)57-46)51-54-49(35-17-8-3-9-18-35)53-50(55-51)36-19-10-4-11-20-36/h2-32H,33H2,1H3. The van der Waals surface area contributed by atoms with Crippen molar-refractivity contribution in [2.45, 2.75) is 18.8 Å². The summed E-state index contributed by atoms with van der Waals surface area (Å²) in [6.45, 7) is 2.35. The number of allylic oxidation sites excluding steroid dienone is 1. The van der Waals surface area contributed by atoms with Crippen LogP contribution in [0, 0.1) is 0 Å². The molecule has 11 rings (SSSR count). The summed E-state index contributed by atoms with van der Waals surface area (Å²) in [6.07, 6.45) is 5.58. The van der Waals surface area contributed by atoms with Crippen LogP contribution < -0.4 is 0 Å². The lowest BCUT2D eigenvalue weighted by Gasteiger charge is -2.31. The van der Waals surface area contributed by atoms with E-state index in [1.54, 1.807) is 0 Å². The molecule has 0 amide bonds. The maximum atomic E-state index is 6.74. The SMILES string of the molecule is CC1(c2ccccc2)C=Cc2c(n(-c3cccc4oc5cc(-c6nc(-c7ccccc7)nc(-c7ccccc7)n6)ccc5c34)c3cc(-c4ccccc4)ccc23)C1. The van der Waals surface area contributed by atoms with E-state index >= 15 is 0 Å². The van der Waals surface area contributed by atoms with Crippen molar-refractivity contribution in [3.63, 3.8) is 0 Å². The third kappa shape index (κ3) is 5.58. The van der Waals surface area contributed by atoms with Gasteiger partial charge < -0.3 is 8.98 Å². The average molecular weight is 733 g/mol. The number of fused-ring (bicyclic) bond motifs is 6. The average Bonchev–Trinajstić information content (AvgIpc) is 3.82. The van der Waals surface area contributed by atoms with E-state index in [-0.39, 0.29) is 5.41 Å². The lowest BCUT2D eigenvalue weighted by atomic mass is 9.74. The zero-order valence-electron chi connectivity index (χ0n) is 31.3. The molecule has 1 aliphatic rings. The maximum absolute atomic E-state index is 6.74. The van der Waals surface area contributed by atoms with Crippen LogP contribution >= 0.6 is 0 Å². The second-order valence-corrected chi connectivity index (χ2v) is 15.1. The van der Waals surface area contributed by atoms with Crippen molar-refractivity contribution in [1.29, 1.82) is 0 Å². The van der Waals surface area contributed by atoms with Crippen LogP contribution in [0.5, 0.6) is 0 Å². The Labute approximate surface area is 330 Å². The van der Waals surface area contributed by atoms with Gasteiger partial charge in [0.25, 0.3) is 0 Å². The molecule has 0 saturated heterocycles. The number of aromatic nitrogens is 4. The van der Waals surface area contributed by atoms with Gasteiger partial charge in [-0.25, -0.2) is 15.0 Å². The predicted octanol–water partition coefficient (Wildman–Crippen LogP) is 12.9. The molecule has 1 aliphatic carbocycles. The lowest BCUT2D eigenvalue weighted by Crippen LogP contribution is -2.26. The van der Waals surface area contributed by atoms with E-state index in [0.717, 1.165) is 50.7 Å². The molecule has 1 atom stereocenters. The molecule has 3 heterocycles. The summed E-state index contributed by atoms with van der Waals surface area (Å²) < 4.78 is 9.24. The van der Waals surface area contributed by atoms with Crippen LogP contribution in [-0.2, 0) is 11.8 Å². The molecule has 270 valence electrons.